The maximum Gasteiger partial charge on any atom is 0.327 e. The van der Waals surface area contributed by atoms with Gasteiger partial charge >= 0.3 is 5.97 Å². The highest BCUT2D eigenvalue weighted by molar-refractivity contribution is 14.1. The van der Waals surface area contributed by atoms with E-state index in [0.717, 1.165) is 8.04 Å². The number of amides is 1. The van der Waals surface area contributed by atoms with Crippen LogP contribution in [0.25, 0.3) is 0 Å². The molecule has 0 aliphatic heterocycles. The minimum Gasteiger partial charge on any atom is -0.480 e. The predicted molar refractivity (Wildman–Crippen MR) is 79.2 cm³/mol. The van der Waals surface area contributed by atoms with Gasteiger partial charge in [0.05, 0.1) is 5.56 Å². The van der Waals surface area contributed by atoms with Crippen LogP contribution in [0.2, 0.25) is 0 Å². The van der Waals surface area contributed by atoms with Crippen molar-refractivity contribution >= 4 is 50.4 Å². The van der Waals surface area contributed by atoms with E-state index in [1.807, 2.05) is 22.6 Å². The normalized spacial score (nSPS) is 11.4. The molecule has 0 saturated carbocycles. The Bertz CT molecular complexity index is 525. The summed E-state index contributed by atoms with van der Waals surface area (Å²) in [7, 11) is 0. The van der Waals surface area contributed by atoms with Gasteiger partial charge in [-0.1, -0.05) is 15.9 Å². The molecule has 1 atom stereocenters. The van der Waals surface area contributed by atoms with Crippen LogP contribution >= 0.6 is 38.5 Å². The van der Waals surface area contributed by atoms with Crippen molar-refractivity contribution in [2.24, 2.45) is 0 Å². The standard InChI is InChI=1S/C12H9BrINO3/c1-2-3-10(12(17)18)15-11(16)8-6-7(13)4-5-9(8)14/h1,4-6,10H,3H2,(H,15,16)(H,17,18). The summed E-state index contributed by atoms with van der Waals surface area (Å²) in [5.41, 5.74) is 0.410. The molecule has 0 radical (unpaired) electrons. The molecule has 94 valence electrons. The van der Waals surface area contributed by atoms with E-state index >= 15 is 0 Å². The number of nitrogens with one attached hydrogen (secondary N) is 1. The van der Waals surface area contributed by atoms with Crippen molar-refractivity contribution in [3.05, 3.63) is 31.8 Å². The second-order valence-electron chi connectivity index (χ2n) is 3.40. The molecular weight excluding hydrogens is 413 g/mol. The fourth-order valence-electron chi connectivity index (χ4n) is 1.23. The van der Waals surface area contributed by atoms with Crippen LogP contribution in [0.5, 0.6) is 0 Å². The molecule has 4 nitrogen and oxygen atoms in total. The maximum atomic E-state index is 11.9. The van der Waals surface area contributed by atoms with Gasteiger partial charge in [-0.25, -0.2) is 4.79 Å². The molecule has 1 rings (SSSR count). The summed E-state index contributed by atoms with van der Waals surface area (Å²) < 4.78 is 1.48. The molecule has 0 fully saturated rings. The van der Waals surface area contributed by atoms with Crippen LogP contribution < -0.4 is 5.32 Å². The Morgan fingerprint density at radius 1 is 1.56 bits per heavy atom. The van der Waals surface area contributed by atoms with E-state index in [2.05, 4.69) is 27.2 Å². The molecule has 1 aromatic rings. The van der Waals surface area contributed by atoms with Crippen LogP contribution in [0, 0.1) is 15.9 Å². The fourth-order valence-corrected chi connectivity index (χ4v) is 2.17. The largest absolute Gasteiger partial charge is 0.480 e. The third-order valence-electron chi connectivity index (χ3n) is 2.10. The van der Waals surface area contributed by atoms with E-state index in [-0.39, 0.29) is 6.42 Å². The van der Waals surface area contributed by atoms with E-state index in [0.29, 0.717) is 5.56 Å². The highest BCUT2D eigenvalue weighted by Crippen LogP contribution is 2.18. The minimum atomic E-state index is -1.15. The lowest BCUT2D eigenvalue weighted by molar-refractivity contribution is -0.139. The molecule has 18 heavy (non-hydrogen) atoms. The van der Waals surface area contributed by atoms with Crippen LogP contribution in [0.3, 0.4) is 0 Å². The van der Waals surface area contributed by atoms with Crippen LogP contribution in [0.1, 0.15) is 16.8 Å². The first kappa shape index (κ1) is 15.0. The van der Waals surface area contributed by atoms with Gasteiger partial charge in [0.1, 0.15) is 6.04 Å². The zero-order chi connectivity index (χ0) is 13.7. The van der Waals surface area contributed by atoms with Gasteiger partial charge < -0.3 is 10.4 Å². The second kappa shape index (κ2) is 6.75. The molecule has 6 heteroatoms. The van der Waals surface area contributed by atoms with E-state index in [1.165, 1.54) is 0 Å². The molecule has 0 aliphatic rings. The Morgan fingerprint density at radius 3 is 2.78 bits per heavy atom. The van der Waals surface area contributed by atoms with Crippen molar-refractivity contribution in [2.45, 2.75) is 12.5 Å². The molecule has 1 unspecified atom stereocenters. The summed E-state index contributed by atoms with van der Waals surface area (Å²) in [6.45, 7) is 0. The SMILES string of the molecule is C#CCC(NC(=O)c1cc(Br)ccc1I)C(=O)O. The number of hydrogen-bond donors (Lipinski definition) is 2. The van der Waals surface area contributed by atoms with Crippen molar-refractivity contribution in [2.75, 3.05) is 0 Å². The fraction of sp³-hybridized carbons (Fsp3) is 0.167. The first-order chi connectivity index (χ1) is 8.45. The predicted octanol–water partition coefficient (Wildman–Crippen LogP) is 2.26. The number of rotatable bonds is 4. The number of terminal acetylenes is 1. The molecule has 0 heterocycles. The Balaban J connectivity index is 2.91. The molecule has 1 amide bonds. The summed E-state index contributed by atoms with van der Waals surface area (Å²) in [5.74, 6) is 0.623. The monoisotopic (exact) mass is 421 g/mol. The second-order valence-corrected chi connectivity index (χ2v) is 5.47. The number of halogens is 2. The Kier molecular flexibility index (Phi) is 5.62. The third-order valence-corrected chi connectivity index (χ3v) is 3.53. The number of aliphatic carboxylic acids is 1. The van der Waals surface area contributed by atoms with Crippen molar-refractivity contribution in [1.29, 1.82) is 0 Å². The van der Waals surface area contributed by atoms with Gasteiger partial charge in [0.2, 0.25) is 0 Å². The average Bonchev–Trinajstić information content (AvgIpc) is 2.31. The molecule has 0 saturated heterocycles. The highest BCUT2D eigenvalue weighted by atomic mass is 127. The minimum absolute atomic E-state index is 0.0499. The lowest BCUT2D eigenvalue weighted by Gasteiger charge is -2.12. The van der Waals surface area contributed by atoms with Crippen LogP contribution in [-0.2, 0) is 4.79 Å². The number of benzene rings is 1. The number of carboxylic acids is 1. The van der Waals surface area contributed by atoms with Gasteiger partial charge in [0, 0.05) is 14.5 Å². The highest BCUT2D eigenvalue weighted by Gasteiger charge is 2.20. The third kappa shape index (κ3) is 3.99. The zero-order valence-electron chi connectivity index (χ0n) is 9.11. The molecule has 1 aromatic carbocycles. The molecule has 0 aliphatic carbocycles. The number of carbonyl (C=O) groups excluding carboxylic acids is 1. The van der Waals surface area contributed by atoms with Crippen molar-refractivity contribution in [1.82, 2.24) is 5.32 Å². The first-order valence-electron chi connectivity index (χ1n) is 4.88. The summed E-state index contributed by atoms with van der Waals surface area (Å²) in [5, 5.41) is 11.3. The Morgan fingerprint density at radius 2 is 2.22 bits per heavy atom. The first-order valence-corrected chi connectivity index (χ1v) is 6.75. The van der Waals surface area contributed by atoms with E-state index in [4.69, 9.17) is 11.5 Å². The Labute approximate surface area is 126 Å². The van der Waals surface area contributed by atoms with E-state index < -0.39 is 17.9 Å². The zero-order valence-corrected chi connectivity index (χ0v) is 12.9. The van der Waals surface area contributed by atoms with Crippen molar-refractivity contribution < 1.29 is 14.7 Å². The Hall–Kier alpha value is -1.07. The topological polar surface area (TPSA) is 66.4 Å². The van der Waals surface area contributed by atoms with Gasteiger partial charge in [-0.2, -0.15) is 0 Å². The van der Waals surface area contributed by atoms with E-state index in [9.17, 15) is 9.59 Å². The lowest BCUT2D eigenvalue weighted by atomic mass is 10.1. The van der Waals surface area contributed by atoms with Gasteiger partial charge in [-0.05, 0) is 40.8 Å². The molecule has 0 spiro atoms. The van der Waals surface area contributed by atoms with Gasteiger partial charge in [-0.15, -0.1) is 12.3 Å². The van der Waals surface area contributed by atoms with Gasteiger partial charge in [-0.3, -0.25) is 4.79 Å². The summed E-state index contributed by atoms with van der Waals surface area (Å²) >= 11 is 5.27. The lowest BCUT2D eigenvalue weighted by Crippen LogP contribution is -2.40. The summed E-state index contributed by atoms with van der Waals surface area (Å²) in [6.07, 6.45) is 5.01. The molecule has 2 N–H and O–H groups in total. The quantitative estimate of drug-likeness (QED) is 0.578. The maximum absolute atomic E-state index is 11.9. The van der Waals surface area contributed by atoms with Crippen molar-refractivity contribution in [3.8, 4) is 12.3 Å². The smallest absolute Gasteiger partial charge is 0.327 e. The van der Waals surface area contributed by atoms with Crippen LogP contribution in [0.4, 0.5) is 0 Å². The van der Waals surface area contributed by atoms with Gasteiger partial charge in [0.25, 0.3) is 5.91 Å². The van der Waals surface area contributed by atoms with Crippen molar-refractivity contribution in [3.63, 3.8) is 0 Å². The molecule has 0 aromatic heterocycles. The number of hydrogen-bond acceptors (Lipinski definition) is 2. The average molecular weight is 422 g/mol. The van der Waals surface area contributed by atoms with Gasteiger partial charge in [0.15, 0.2) is 0 Å². The molecule has 0 bridgehead atoms. The summed E-state index contributed by atoms with van der Waals surface area (Å²) in [6, 6.07) is 4.12. The van der Waals surface area contributed by atoms with Crippen LogP contribution in [0.15, 0.2) is 22.7 Å². The summed E-state index contributed by atoms with van der Waals surface area (Å²) in [4.78, 5) is 22.8. The number of carbonyl (C=O) groups is 2. The molecular formula is C12H9BrINO3. The number of carboxylic acid groups (broad SMARTS) is 1. The van der Waals surface area contributed by atoms with Crippen LogP contribution in [-0.4, -0.2) is 23.0 Å². The van der Waals surface area contributed by atoms with E-state index in [1.54, 1.807) is 18.2 Å².